The molecule has 0 fully saturated rings. The Morgan fingerprint density at radius 2 is 2.11 bits per heavy atom. The van der Waals surface area contributed by atoms with Crippen molar-refractivity contribution in [2.75, 3.05) is 25.5 Å². The second kappa shape index (κ2) is 6.56. The van der Waals surface area contributed by atoms with Gasteiger partial charge in [0.25, 0.3) is 0 Å². The summed E-state index contributed by atoms with van der Waals surface area (Å²) in [4.78, 5) is 24.5. The van der Waals surface area contributed by atoms with Crippen LogP contribution < -0.4 is 10.2 Å². The molecule has 1 aromatic carbocycles. The number of carbonyl (C=O) groups is 2. The van der Waals surface area contributed by atoms with Crippen molar-refractivity contribution in [1.29, 1.82) is 0 Å². The summed E-state index contributed by atoms with van der Waals surface area (Å²) in [6.45, 7) is 2.24. The standard InChI is InChI=1S/C13H17BrN2O3/c1-8(12(17)15-2)7-16(3)11-6-9(14)4-5-10(11)13(18)19/h4-6,8H,7H2,1-3H3,(H,15,17)(H,18,19). The van der Waals surface area contributed by atoms with E-state index in [-0.39, 0.29) is 17.4 Å². The zero-order valence-electron chi connectivity index (χ0n) is 11.1. The van der Waals surface area contributed by atoms with Crippen molar-refractivity contribution in [3.8, 4) is 0 Å². The summed E-state index contributed by atoms with van der Waals surface area (Å²) in [6.07, 6.45) is 0. The lowest BCUT2D eigenvalue weighted by Crippen LogP contribution is -2.34. The zero-order chi connectivity index (χ0) is 14.6. The van der Waals surface area contributed by atoms with Crippen LogP contribution in [0.25, 0.3) is 0 Å². The molecule has 0 radical (unpaired) electrons. The van der Waals surface area contributed by atoms with Gasteiger partial charge in [0.05, 0.1) is 17.2 Å². The molecule has 0 heterocycles. The second-order valence-electron chi connectivity index (χ2n) is 4.36. The Morgan fingerprint density at radius 3 is 2.63 bits per heavy atom. The number of anilines is 1. The SMILES string of the molecule is CNC(=O)C(C)CN(C)c1cc(Br)ccc1C(=O)O. The lowest BCUT2D eigenvalue weighted by molar-refractivity contribution is -0.123. The van der Waals surface area contributed by atoms with Gasteiger partial charge in [-0.3, -0.25) is 4.79 Å². The molecular weight excluding hydrogens is 312 g/mol. The van der Waals surface area contributed by atoms with Crippen LogP contribution in [0.4, 0.5) is 5.69 Å². The predicted molar refractivity (Wildman–Crippen MR) is 77.6 cm³/mol. The molecule has 0 bridgehead atoms. The van der Waals surface area contributed by atoms with Crippen LogP contribution in [0.1, 0.15) is 17.3 Å². The van der Waals surface area contributed by atoms with E-state index in [2.05, 4.69) is 21.2 Å². The highest BCUT2D eigenvalue weighted by atomic mass is 79.9. The van der Waals surface area contributed by atoms with Crippen molar-refractivity contribution < 1.29 is 14.7 Å². The van der Waals surface area contributed by atoms with Gasteiger partial charge in [-0.25, -0.2) is 4.79 Å². The highest BCUT2D eigenvalue weighted by molar-refractivity contribution is 9.10. The van der Waals surface area contributed by atoms with E-state index >= 15 is 0 Å². The van der Waals surface area contributed by atoms with Gasteiger partial charge in [-0.15, -0.1) is 0 Å². The van der Waals surface area contributed by atoms with Gasteiger partial charge in [0.1, 0.15) is 0 Å². The van der Waals surface area contributed by atoms with E-state index in [4.69, 9.17) is 0 Å². The first-order valence-corrected chi connectivity index (χ1v) is 6.61. The maximum atomic E-state index is 11.5. The molecule has 5 nitrogen and oxygen atoms in total. The van der Waals surface area contributed by atoms with Gasteiger partial charge in [-0.05, 0) is 18.2 Å². The Labute approximate surface area is 120 Å². The molecule has 6 heteroatoms. The zero-order valence-corrected chi connectivity index (χ0v) is 12.7. The molecule has 1 atom stereocenters. The summed E-state index contributed by atoms with van der Waals surface area (Å²) in [5, 5.41) is 11.8. The Balaban J connectivity index is 2.98. The molecule has 1 rings (SSSR count). The first-order valence-electron chi connectivity index (χ1n) is 5.82. The van der Waals surface area contributed by atoms with Crippen LogP contribution in [0, 0.1) is 5.92 Å². The number of carboxylic acids is 1. The number of nitrogens with one attached hydrogen (secondary N) is 1. The quantitative estimate of drug-likeness (QED) is 0.866. The molecule has 0 aliphatic rings. The first-order chi connectivity index (χ1) is 8.86. The third-order valence-electron chi connectivity index (χ3n) is 2.84. The number of nitrogens with zero attached hydrogens (tertiary/aromatic N) is 1. The van der Waals surface area contributed by atoms with Gasteiger partial charge < -0.3 is 15.3 Å². The van der Waals surface area contributed by atoms with Gasteiger partial charge >= 0.3 is 5.97 Å². The van der Waals surface area contributed by atoms with Crippen LogP contribution in [0.5, 0.6) is 0 Å². The molecule has 0 saturated carbocycles. The molecular formula is C13H17BrN2O3. The van der Waals surface area contributed by atoms with E-state index in [0.717, 1.165) is 4.47 Å². The van der Waals surface area contributed by atoms with Crippen LogP contribution in [0.2, 0.25) is 0 Å². The molecule has 0 aliphatic carbocycles. The van der Waals surface area contributed by atoms with E-state index in [9.17, 15) is 14.7 Å². The molecule has 1 aromatic rings. The number of amides is 1. The number of aromatic carboxylic acids is 1. The van der Waals surface area contributed by atoms with Crippen LogP contribution in [0.3, 0.4) is 0 Å². The van der Waals surface area contributed by atoms with Gasteiger partial charge in [0.2, 0.25) is 5.91 Å². The summed E-state index contributed by atoms with van der Waals surface area (Å²) in [5.74, 6) is -1.28. The Hall–Kier alpha value is -1.56. The molecule has 104 valence electrons. The van der Waals surface area contributed by atoms with Crippen LogP contribution in [0.15, 0.2) is 22.7 Å². The summed E-state index contributed by atoms with van der Waals surface area (Å²) in [7, 11) is 3.36. The summed E-state index contributed by atoms with van der Waals surface area (Å²) in [5.41, 5.74) is 0.799. The van der Waals surface area contributed by atoms with Crippen molar-refractivity contribution in [2.45, 2.75) is 6.92 Å². The lowest BCUT2D eigenvalue weighted by Gasteiger charge is -2.24. The molecule has 0 aromatic heterocycles. The van der Waals surface area contributed by atoms with Crippen molar-refractivity contribution >= 4 is 33.5 Å². The third kappa shape index (κ3) is 3.96. The van der Waals surface area contributed by atoms with Crippen molar-refractivity contribution in [2.24, 2.45) is 5.92 Å². The van der Waals surface area contributed by atoms with Crippen molar-refractivity contribution in [3.63, 3.8) is 0 Å². The van der Waals surface area contributed by atoms with E-state index in [1.54, 1.807) is 44.1 Å². The third-order valence-corrected chi connectivity index (χ3v) is 3.34. The molecule has 0 saturated heterocycles. The van der Waals surface area contributed by atoms with Gasteiger partial charge in [-0.2, -0.15) is 0 Å². The van der Waals surface area contributed by atoms with Crippen LogP contribution >= 0.6 is 15.9 Å². The molecule has 1 amide bonds. The number of benzene rings is 1. The van der Waals surface area contributed by atoms with E-state index in [1.807, 2.05) is 0 Å². The van der Waals surface area contributed by atoms with Crippen molar-refractivity contribution in [1.82, 2.24) is 5.32 Å². The fraction of sp³-hybridized carbons (Fsp3) is 0.385. The Morgan fingerprint density at radius 1 is 1.47 bits per heavy atom. The average molecular weight is 329 g/mol. The van der Waals surface area contributed by atoms with Crippen LogP contribution in [-0.4, -0.2) is 37.6 Å². The fourth-order valence-electron chi connectivity index (χ4n) is 1.84. The number of hydrogen-bond donors (Lipinski definition) is 2. The second-order valence-corrected chi connectivity index (χ2v) is 5.28. The number of carbonyl (C=O) groups excluding carboxylic acids is 1. The minimum absolute atomic E-state index is 0.0706. The van der Waals surface area contributed by atoms with Crippen molar-refractivity contribution in [3.05, 3.63) is 28.2 Å². The van der Waals surface area contributed by atoms with Crippen LogP contribution in [-0.2, 0) is 4.79 Å². The largest absolute Gasteiger partial charge is 0.478 e. The molecule has 1 unspecified atom stereocenters. The highest BCUT2D eigenvalue weighted by Crippen LogP contribution is 2.25. The average Bonchev–Trinajstić information content (AvgIpc) is 2.36. The van der Waals surface area contributed by atoms with Gasteiger partial charge in [0, 0.05) is 25.1 Å². The molecule has 0 spiro atoms. The number of halogens is 1. The minimum Gasteiger partial charge on any atom is -0.478 e. The van der Waals surface area contributed by atoms with Gasteiger partial charge in [-0.1, -0.05) is 22.9 Å². The monoisotopic (exact) mass is 328 g/mol. The summed E-state index contributed by atoms with van der Waals surface area (Å²) < 4.78 is 0.798. The topological polar surface area (TPSA) is 69.6 Å². The van der Waals surface area contributed by atoms with Gasteiger partial charge in [0.15, 0.2) is 0 Å². The Bertz CT molecular complexity index is 491. The molecule has 2 N–H and O–H groups in total. The first kappa shape index (κ1) is 15.5. The number of rotatable bonds is 5. The fourth-order valence-corrected chi connectivity index (χ4v) is 2.19. The van der Waals surface area contributed by atoms with E-state index in [0.29, 0.717) is 12.2 Å². The van der Waals surface area contributed by atoms with E-state index < -0.39 is 5.97 Å². The Kier molecular flexibility index (Phi) is 5.35. The number of carboxylic acid groups (broad SMARTS) is 1. The maximum Gasteiger partial charge on any atom is 0.337 e. The normalized spacial score (nSPS) is 11.8. The molecule has 0 aliphatic heterocycles. The highest BCUT2D eigenvalue weighted by Gasteiger charge is 2.18. The predicted octanol–water partition coefficient (Wildman–Crippen LogP) is 1.97. The maximum absolute atomic E-state index is 11.5. The summed E-state index contributed by atoms with van der Waals surface area (Å²) >= 11 is 3.32. The molecule has 19 heavy (non-hydrogen) atoms. The lowest BCUT2D eigenvalue weighted by atomic mass is 10.1. The smallest absolute Gasteiger partial charge is 0.337 e. The summed E-state index contributed by atoms with van der Waals surface area (Å²) in [6, 6.07) is 4.96. The van der Waals surface area contributed by atoms with E-state index in [1.165, 1.54) is 0 Å². The number of hydrogen-bond acceptors (Lipinski definition) is 3. The minimum atomic E-state index is -0.984.